The normalized spacial score (nSPS) is 11.5. The summed E-state index contributed by atoms with van der Waals surface area (Å²) in [6.45, 7) is 7.94. The number of nitrogens with zero attached hydrogens (tertiary/aromatic N) is 3. The maximum Gasteiger partial charge on any atom is 0.188 e. The predicted octanol–water partition coefficient (Wildman–Crippen LogP) is 2.68. The monoisotopic (exact) mass is 445 g/mol. The predicted molar refractivity (Wildman–Crippen MR) is 110 cm³/mol. The molecule has 0 aliphatic rings. The molecule has 1 aromatic carbocycles. The fourth-order valence-electron chi connectivity index (χ4n) is 2.50. The average Bonchev–Trinajstić information content (AvgIpc) is 2.87. The lowest BCUT2D eigenvalue weighted by Crippen LogP contribution is -2.33. The highest BCUT2D eigenvalue weighted by molar-refractivity contribution is 14.0. The molecule has 0 aliphatic heterocycles. The average molecular weight is 445 g/mol. The van der Waals surface area contributed by atoms with Crippen LogP contribution in [0, 0.1) is 6.92 Å². The molecule has 7 heteroatoms. The number of ether oxygens (including phenoxy) is 1. The van der Waals surface area contributed by atoms with Crippen LogP contribution in [0.4, 0.5) is 0 Å². The minimum absolute atomic E-state index is 0. The Balaban J connectivity index is 0.00000288. The third-order valence-electron chi connectivity index (χ3n) is 3.64. The fourth-order valence-corrected chi connectivity index (χ4v) is 2.50. The summed E-state index contributed by atoms with van der Waals surface area (Å²) in [6, 6.07) is 8.21. The van der Waals surface area contributed by atoms with Crippen molar-refractivity contribution in [1.29, 1.82) is 0 Å². The minimum Gasteiger partial charge on any atom is -0.382 e. The lowest BCUT2D eigenvalue weighted by molar-refractivity contribution is 0.145. The van der Waals surface area contributed by atoms with Gasteiger partial charge in [-0.05, 0) is 38.8 Å². The summed E-state index contributed by atoms with van der Waals surface area (Å²) in [7, 11) is 0. The quantitative estimate of drug-likeness (QED) is 0.269. The van der Waals surface area contributed by atoms with Crippen LogP contribution >= 0.6 is 24.0 Å². The molecule has 6 nitrogen and oxygen atoms in total. The Hall–Kier alpha value is -1.35. The molecular weight excluding hydrogens is 417 g/mol. The molecule has 1 aromatic heterocycles. The van der Waals surface area contributed by atoms with Crippen molar-refractivity contribution >= 4 is 41.0 Å². The Morgan fingerprint density at radius 1 is 1.33 bits per heavy atom. The first-order valence-corrected chi connectivity index (χ1v) is 8.25. The molecule has 0 spiro atoms. The van der Waals surface area contributed by atoms with Crippen LogP contribution in [0.15, 0.2) is 29.3 Å². The van der Waals surface area contributed by atoms with Gasteiger partial charge in [-0.15, -0.1) is 24.0 Å². The van der Waals surface area contributed by atoms with Gasteiger partial charge in [0.2, 0.25) is 0 Å². The first-order valence-electron chi connectivity index (χ1n) is 8.25. The van der Waals surface area contributed by atoms with Gasteiger partial charge in [0.05, 0.1) is 11.0 Å². The number of aryl methyl sites for hydroxylation is 2. The van der Waals surface area contributed by atoms with Crippen molar-refractivity contribution in [3.05, 3.63) is 30.1 Å². The maximum atomic E-state index is 5.85. The number of hydrogen-bond donors (Lipinski definition) is 2. The number of rotatable bonds is 9. The van der Waals surface area contributed by atoms with Gasteiger partial charge in [-0.2, -0.15) is 0 Å². The van der Waals surface area contributed by atoms with E-state index in [9.17, 15) is 0 Å². The number of guanidine groups is 1. The van der Waals surface area contributed by atoms with Gasteiger partial charge in [-0.3, -0.25) is 4.99 Å². The van der Waals surface area contributed by atoms with Crippen molar-refractivity contribution in [2.45, 2.75) is 33.2 Å². The lowest BCUT2D eigenvalue weighted by atomic mass is 10.3. The van der Waals surface area contributed by atoms with Gasteiger partial charge in [-0.1, -0.05) is 12.1 Å². The first kappa shape index (κ1) is 20.7. The highest BCUT2D eigenvalue weighted by atomic mass is 127. The molecule has 0 radical (unpaired) electrons. The molecule has 2 aromatic rings. The number of hydrogen-bond acceptors (Lipinski definition) is 3. The molecule has 1 heterocycles. The maximum absolute atomic E-state index is 5.85. The molecule has 3 N–H and O–H groups in total. The van der Waals surface area contributed by atoms with E-state index in [2.05, 4.69) is 25.9 Å². The van der Waals surface area contributed by atoms with Gasteiger partial charge >= 0.3 is 0 Å². The number of para-hydroxylation sites is 2. The minimum atomic E-state index is 0. The van der Waals surface area contributed by atoms with Crippen molar-refractivity contribution in [2.24, 2.45) is 10.7 Å². The molecule has 0 saturated heterocycles. The number of benzene rings is 1. The molecule has 0 fully saturated rings. The van der Waals surface area contributed by atoms with Crippen molar-refractivity contribution < 1.29 is 4.74 Å². The van der Waals surface area contributed by atoms with Crippen LogP contribution in [-0.4, -0.2) is 41.8 Å². The van der Waals surface area contributed by atoms with Gasteiger partial charge in [0.25, 0.3) is 0 Å². The molecule has 2 rings (SSSR count). The SMILES string of the molecule is CCOCCCNC(N)=NCCCn1c(C)nc2ccccc21.I. The summed E-state index contributed by atoms with van der Waals surface area (Å²) in [5, 5.41) is 3.10. The number of aliphatic imine (C=N–C) groups is 1. The topological polar surface area (TPSA) is 77.5 Å². The van der Waals surface area contributed by atoms with Crippen LogP contribution in [0.25, 0.3) is 11.0 Å². The van der Waals surface area contributed by atoms with Crippen molar-refractivity contribution in [3.8, 4) is 0 Å². The van der Waals surface area contributed by atoms with Crippen LogP contribution in [0.2, 0.25) is 0 Å². The van der Waals surface area contributed by atoms with Crippen LogP contribution < -0.4 is 11.1 Å². The zero-order valence-electron chi connectivity index (χ0n) is 14.5. The van der Waals surface area contributed by atoms with E-state index in [4.69, 9.17) is 10.5 Å². The zero-order chi connectivity index (χ0) is 16.5. The summed E-state index contributed by atoms with van der Waals surface area (Å²) >= 11 is 0. The Bertz CT molecular complexity index is 641. The number of nitrogens with two attached hydrogens (primary N) is 1. The van der Waals surface area contributed by atoms with Crippen LogP contribution in [0.3, 0.4) is 0 Å². The summed E-state index contributed by atoms with van der Waals surface area (Å²) in [5.41, 5.74) is 8.07. The van der Waals surface area contributed by atoms with Crippen molar-refractivity contribution in [2.75, 3.05) is 26.3 Å². The highest BCUT2D eigenvalue weighted by Crippen LogP contribution is 2.15. The third kappa shape index (κ3) is 6.27. The van der Waals surface area contributed by atoms with Crippen LogP contribution in [0.1, 0.15) is 25.6 Å². The Morgan fingerprint density at radius 2 is 2.12 bits per heavy atom. The zero-order valence-corrected chi connectivity index (χ0v) is 16.8. The number of nitrogens with one attached hydrogen (secondary N) is 1. The smallest absolute Gasteiger partial charge is 0.188 e. The number of halogens is 1. The van der Waals surface area contributed by atoms with E-state index >= 15 is 0 Å². The molecule has 134 valence electrons. The number of imidazole rings is 1. The number of fused-ring (bicyclic) bond motifs is 1. The van der Waals surface area contributed by atoms with Crippen LogP contribution in [-0.2, 0) is 11.3 Å². The summed E-state index contributed by atoms with van der Waals surface area (Å²) in [6.07, 6.45) is 1.87. The standard InChI is InChI=1S/C17H27N5O.HI/c1-3-23-13-7-11-20-17(18)19-10-6-12-22-14(2)21-15-8-4-5-9-16(15)22;/h4-5,8-9H,3,6-7,10-13H2,1-2H3,(H3,18,19,20);1H. The first-order chi connectivity index (χ1) is 11.2. The Morgan fingerprint density at radius 3 is 2.92 bits per heavy atom. The third-order valence-corrected chi connectivity index (χ3v) is 3.64. The van der Waals surface area contributed by atoms with Crippen LogP contribution in [0.5, 0.6) is 0 Å². The Labute approximate surface area is 160 Å². The molecule has 0 bridgehead atoms. The second-order valence-corrected chi connectivity index (χ2v) is 5.40. The molecule has 0 saturated carbocycles. The van der Waals surface area contributed by atoms with Crippen molar-refractivity contribution in [1.82, 2.24) is 14.9 Å². The molecule has 0 unspecified atom stereocenters. The molecule has 24 heavy (non-hydrogen) atoms. The van der Waals surface area contributed by atoms with E-state index in [1.54, 1.807) is 0 Å². The van der Waals surface area contributed by atoms with Crippen molar-refractivity contribution in [3.63, 3.8) is 0 Å². The molecule has 0 aliphatic carbocycles. The number of aromatic nitrogens is 2. The summed E-state index contributed by atoms with van der Waals surface area (Å²) < 4.78 is 7.50. The van der Waals surface area contributed by atoms with E-state index in [1.165, 1.54) is 5.52 Å². The van der Waals surface area contributed by atoms with Gasteiger partial charge < -0.3 is 20.4 Å². The van der Waals surface area contributed by atoms with Gasteiger partial charge in [-0.25, -0.2) is 4.98 Å². The summed E-state index contributed by atoms with van der Waals surface area (Å²) in [5.74, 6) is 1.55. The van der Waals surface area contributed by atoms with Gasteiger partial charge in [0, 0.05) is 32.8 Å². The summed E-state index contributed by atoms with van der Waals surface area (Å²) in [4.78, 5) is 8.93. The Kier molecular flexibility index (Phi) is 9.70. The highest BCUT2D eigenvalue weighted by Gasteiger charge is 2.05. The second-order valence-electron chi connectivity index (χ2n) is 5.40. The lowest BCUT2D eigenvalue weighted by Gasteiger charge is -2.07. The molecule has 0 atom stereocenters. The fraction of sp³-hybridized carbons (Fsp3) is 0.529. The molecular formula is C17H28IN5O. The van der Waals surface area contributed by atoms with E-state index in [0.29, 0.717) is 12.5 Å². The van der Waals surface area contributed by atoms with E-state index in [1.807, 2.05) is 32.0 Å². The largest absolute Gasteiger partial charge is 0.382 e. The molecule has 0 amide bonds. The van der Waals surface area contributed by atoms with E-state index in [0.717, 1.165) is 50.5 Å². The van der Waals surface area contributed by atoms with Gasteiger partial charge in [0.1, 0.15) is 5.82 Å². The van der Waals surface area contributed by atoms with E-state index in [-0.39, 0.29) is 24.0 Å². The second kappa shape index (κ2) is 11.2. The van der Waals surface area contributed by atoms with Gasteiger partial charge in [0.15, 0.2) is 5.96 Å². The van der Waals surface area contributed by atoms with E-state index < -0.39 is 0 Å².